The van der Waals surface area contributed by atoms with Crippen LogP contribution >= 0.6 is 0 Å². The lowest BCUT2D eigenvalue weighted by Crippen LogP contribution is -2.53. The van der Waals surface area contributed by atoms with Crippen molar-refractivity contribution >= 4 is 28.3 Å². The van der Waals surface area contributed by atoms with Crippen LogP contribution in [0.3, 0.4) is 0 Å². The van der Waals surface area contributed by atoms with Crippen molar-refractivity contribution in [3.05, 3.63) is 48.8 Å². The lowest BCUT2D eigenvalue weighted by atomic mass is 9.98. The molecule has 0 spiro atoms. The number of fused-ring (bicyclic) bond motifs is 3. The largest absolute Gasteiger partial charge is 0.382 e. The first-order valence-corrected chi connectivity index (χ1v) is 7.76. The second-order valence-corrected chi connectivity index (χ2v) is 6.15. The Labute approximate surface area is 139 Å². The molecule has 1 aromatic carbocycles. The molecular weight excluding hydrogens is 304 g/mol. The van der Waals surface area contributed by atoms with Gasteiger partial charge in [0.15, 0.2) is 0 Å². The van der Waals surface area contributed by atoms with E-state index in [1.54, 1.807) is 13.3 Å². The van der Waals surface area contributed by atoms with Gasteiger partial charge < -0.3 is 19.9 Å². The van der Waals surface area contributed by atoms with Gasteiger partial charge in [-0.05, 0) is 25.1 Å². The molecule has 1 amide bonds. The zero-order valence-corrected chi connectivity index (χ0v) is 13.5. The highest BCUT2D eigenvalue weighted by Crippen LogP contribution is 2.37. The van der Waals surface area contributed by atoms with Gasteiger partial charge in [-0.15, -0.1) is 0 Å². The molecule has 0 bridgehead atoms. The molecule has 0 radical (unpaired) electrons. The number of rotatable bonds is 3. The monoisotopic (exact) mass is 322 g/mol. The van der Waals surface area contributed by atoms with Gasteiger partial charge in [0.1, 0.15) is 11.2 Å². The summed E-state index contributed by atoms with van der Waals surface area (Å²) in [5.41, 5.74) is 2.62. The number of methoxy groups -OCH3 is 1. The minimum Gasteiger partial charge on any atom is -0.382 e. The molecule has 2 aromatic heterocycles. The van der Waals surface area contributed by atoms with Crippen LogP contribution in [0.5, 0.6) is 0 Å². The molecule has 1 aliphatic rings. The molecule has 6 heteroatoms. The molecule has 0 fully saturated rings. The third-order valence-electron chi connectivity index (χ3n) is 4.33. The summed E-state index contributed by atoms with van der Waals surface area (Å²) in [4.78, 5) is 16.9. The van der Waals surface area contributed by atoms with Crippen molar-refractivity contribution in [2.24, 2.45) is 0 Å². The van der Waals surface area contributed by atoms with Crippen LogP contribution in [0.2, 0.25) is 0 Å². The van der Waals surface area contributed by atoms with E-state index in [0.717, 1.165) is 22.4 Å². The molecule has 0 saturated carbocycles. The van der Waals surface area contributed by atoms with Crippen molar-refractivity contribution in [2.75, 3.05) is 24.4 Å². The van der Waals surface area contributed by atoms with Crippen LogP contribution in [-0.2, 0) is 9.53 Å². The summed E-state index contributed by atoms with van der Waals surface area (Å²) in [5, 5.41) is 7.22. The maximum Gasteiger partial charge on any atom is 0.252 e. The Morgan fingerprint density at radius 1 is 1.25 bits per heavy atom. The predicted molar refractivity (Wildman–Crippen MR) is 93.6 cm³/mol. The number of carbonyl (C=O) groups is 1. The highest BCUT2D eigenvalue weighted by Gasteiger charge is 2.38. The molecule has 0 saturated heterocycles. The Morgan fingerprint density at radius 3 is 2.79 bits per heavy atom. The summed E-state index contributed by atoms with van der Waals surface area (Å²) >= 11 is 0. The molecule has 0 unspecified atom stereocenters. The van der Waals surface area contributed by atoms with E-state index in [9.17, 15) is 4.79 Å². The van der Waals surface area contributed by atoms with Crippen LogP contribution in [0.1, 0.15) is 6.92 Å². The number of carbonyl (C=O) groups excluding carboxylic acids is 1. The van der Waals surface area contributed by atoms with Crippen molar-refractivity contribution in [3.63, 3.8) is 0 Å². The lowest BCUT2D eigenvalue weighted by Gasteiger charge is -2.35. The van der Waals surface area contributed by atoms with E-state index in [1.807, 2.05) is 54.1 Å². The van der Waals surface area contributed by atoms with Crippen LogP contribution < -0.4 is 10.6 Å². The standard InChI is InChI=1S/C18H18N4O2/c1-18(11-24-2)17(23)20-14-10-19-16-13(15(14)21-18)8-9-22(16)12-6-4-3-5-7-12/h3-10,21H,11H2,1-2H3,(H,20,23)/t18-/m0/s1. The lowest BCUT2D eigenvalue weighted by molar-refractivity contribution is -0.121. The molecule has 2 N–H and O–H groups in total. The van der Waals surface area contributed by atoms with E-state index in [0.29, 0.717) is 5.69 Å². The summed E-state index contributed by atoms with van der Waals surface area (Å²) in [5.74, 6) is -0.125. The normalized spacial score (nSPS) is 19.7. The molecule has 4 rings (SSSR count). The first-order valence-electron chi connectivity index (χ1n) is 7.76. The average molecular weight is 322 g/mol. The van der Waals surface area contributed by atoms with Gasteiger partial charge in [-0.2, -0.15) is 0 Å². The van der Waals surface area contributed by atoms with Gasteiger partial charge in [-0.3, -0.25) is 4.79 Å². The maximum atomic E-state index is 12.3. The Kier molecular flexibility index (Phi) is 3.28. The van der Waals surface area contributed by atoms with Gasteiger partial charge >= 0.3 is 0 Å². The maximum absolute atomic E-state index is 12.3. The Bertz CT molecular complexity index is 919. The molecule has 24 heavy (non-hydrogen) atoms. The second kappa shape index (κ2) is 5.35. The number of benzene rings is 1. The van der Waals surface area contributed by atoms with E-state index in [2.05, 4.69) is 15.6 Å². The van der Waals surface area contributed by atoms with E-state index in [4.69, 9.17) is 4.74 Å². The first-order chi connectivity index (χ1) is 11.6. The fourth-order valence-corrected chi connectivity index (χ4v) is 3.10. The van der Waals surface area contributed by atoms with Crippen molar-refractivity contribution in [1.29, 1.82) is 0 Å². The fraction of sp³-hybridized carbons (Fsp3) is 0.222. The molecule has 6 nitrogen and oxygen atoms in total. The van der Waals surface area contributed by atoms with Gasteiger partial charge in [0.25, 0.3) is 5.91 Å². The topological polar surface area (TPSA) is 68.2 Å². The molecule has 3 heterocycles. The number of nitrogens with zero attached hydrogens (tertiary/aromatic N) is 2. The number of pyridine rings is 1. The number of anilines is 2. The zero-order chi connectivity index (χ0) is 16.7. The van der Waals surface area contributed by atoms with Crippen molar-refractivity contribution < 1.29 is 9.53 Å². The third-order valence-corrected chi connectivity index (χ3v) is 4.33. The molecule has 3 aromatic rings. The molecule has 1 atom stereocenters. The Balaban J connectivity index is 1.86. The van der Waals surface area contributed by atoms with E-state index in [1.165, 1.54) is 0 Å². The van der Waals surface area contributed by atoms with Crippen LogP contribution in [0.15, 0.2) is 48.8 Å². The highest BCUT2D eigenvalue weighted by atomic mass is 16.5. The van der Waals surface area contributed by atoms with Crippen LogP contribution in [0.4, 0.5) is 11.4 Å². The summed E-state index contributed by atoms with van der Waals surface area (Å²) < 4.78 is 7.24. The van der Waals surface area contributed by atoms with Crippen LogP contribution in [0, 0.1) is 0 Å². The highest BCUT2D eigenvalue weighted by molar-refractivity contribution is 6.11. The smallest absolute Gasteiger partial charge is 0.252 e. The molecular formula is C18H18N4O2. The SMILES string of the molecule is COC[C@]1(C)Nc2c(cnc3c2ccn3-c2ccccc2)NC1=O. The van der Waals surface area contributed by atoms with E-state index >= 15 is 0 Å². The molecule has 122 valence electrons. The quantitative estimate of drug-likeness (QED) is 0.778. The Hall–Kier alpha value is -2.86. The number of hydrogen-bond acceptors (Lipinski definition) is 4. The van der Waals surface area contributed by atoms with Gasteiger partial charge in [0, 0.05) is 24.4 Å². The zero-order valence-electron chi connectivity index (χ0n) is 13.5. The van der Waals surface area contributed by atoms with Gasteiger partial charge in [0.05, 0.1) is 24.2 Å². The number of aromatic nitrogens is 2. The number of para-hydroxylation sites is 1. The number of hydrogen-bond donors (Lipinski definition) is 2. The summed E-state index contributed by atoms with van der Waals surface area (Å²) in [6, 6.07) is 12.0. The van der Waals surface area contributed by atoms with Crippen LogP contribution in [-0.4, -0.2) is 34.7 Å². The summed E-state index contributed by atoms with van der Waals surface area (Å²) in [6.07, 6.45) is 3.67. The number of ether oxygens (including phenoxy) is 1. The minimum absolute atomic E-state index is 0.125. The van der Waals surface area contributed by atoms with Gasteiger partial charge in [-0.1, -0.05) is 18.2 Å². The number of amides is 1. The first kappa shape index (κ1) is 14.7. The van der Waals surface area contributed by atoms with Crippen molar-refractivity contribution in [1.82, 2.24) is 9.55 Å². The third kappa shape index (κ3) is 2.15. The van der Waals surface area contributed by atoms with Crippen molar-refractivity contribution in [3.8, 4) is 5.69 Å². The molecule has 1 aliphatic heterocycles. The number of nitrogens with one attached hydrogen (secondary N) is 2. The predicted octanol–water partition coefficient (Wildman–Crippen LogP) is 2.79. The average Bonchev–Trinajstić information content (AvgIpc) is 3.02. The molecule has 0 aliphatic carbocycles. The fourth-order valence-electron chi connectivity index (χ4n) is 3.10. The van der Waals surface area contributed by atoms with Gasteiger partial charge in [0.2, 0.25) is 0 Å². The Morgan fingerprint density at radius 2 is 2.04 bits per heavy atom. The summed E-state index contributed by atoms with van der Waals surface area (Å²) in [7, 11) is 1.59. The van der Waals surface area contributed by atoms with Crippen molar-refractivity contribution in [2.45, 2.75) is 12.5 Å². The summed E-state index contributed by atoms with van der Waals surface area (Å²) in [6.45, 7) is 2.11. The van der Waals surface area contributed by atoms with Gasteiger partial charge in [-0.25, -0.2) is 4.98 Å². The minimum atomic E-state index is -0.815. The van der Waals surface area contributed by atoms with Crippen LogP contribution in [0.25, 0.3) is 16.7 Å². The van der Waals surface area contributed by atoms with E-state index < -0.39 is 5.54 Å². The second-order valence-electron chi connectivity index (χ2n) is 6.15. The van der Waals surface area contributed by atoms with E-state index in [-0.39, 0.29) is 12.5 Å².